The number of ether oxygens (including phenoxy) is 4. The van der Waals surface area contributed by atoms with Gasteiger partial charge in [0.05, 0.1) is 27.9 Å². The number of anilines is 1. The smallest absolute Gasteiger partial charge is 0.195 e. The quantitative estimate of drug-likeness (QED) is 0.299. The standard InChI is InChI=1S/C21H29N3O4.HI/c1-6-28-19-9-7-16(14-20(19)27-5)24-21(22-2)23-12-11-15-13-17(25-3)8-10-18(15)26-4;/h7-10,13-14H,6,11-12H2,1-5H3,(H2,22,23,24);1H. The topological polar surface area (TPSA) is 73.3 Å². The van der Waals surface area contributed by atoms with Crippen LogP contribution in [0.25, 0.3) is 0 Å². The van der Waals surface area contributed by atoms with E-state index in [2.05, 4.69) is 15.6 Å². The Morgan fingerprint density at radius 2 is 1.66 bits per heavy atom. The normalized spacial score (nSPS) is 10.6. The molecule has 0 heterocycles. The molecule has 0 unspecified atom stereocenters. The molecule has 2 aromatic rings. The Hall–Kier alpha value is -2.36. The van der Waals surface area contributed by atoms with E-state index in [0.717, 1.165) is 29.2 Å². The van der Waals surface area contributed by atoms with Crippen molar-refractivity contribution in [3.8, 4) is 23.0 Å². The lowest BCUT2D eigenvalue weighted by molar-refractivity contribution is 0.311. The second-order valence-electron chi connectivity index (χ2n) is 5.85. The first kappa shape index (κ1) is 24.7. The van der Waals surface area contributed by atoms with Crippen LogP contribution in [-0.4, -0.2) is 47.5 Å². The fourth-order valence-electron chi connectivity index (χ4n) is 2.73. The molecule has 0 saturated carbocycles. The third-order valence-corrected chi connectivity index (χ3v) is 4.12. The SMILES string of the molecule is CCOc1ccc(NC(=NC)NCCc2cc(OC)ccc2OC)cc1OC.I. The molecule has 29 heavy (non-hydrogen) atoms. The number of methoxy groups -OCH3 is 3. The molecule has 0 aliphatic carbocycles. The van der Waals surface area contributed by atoms with Crippen molar-refractivity contribution >= 4 is 35.6 Å². The van der Waals surface area contributed by atoms with Crippen molar-refractivity contribution in [3.05, 3.63) is 42.0 Å². The number of aliphatic imine (C=N–C) groups is 1. The van der Waals surface area contributed by atoms with E-state index in [-0.39, 0.29) is 24.0 Å². The Kier molecular flexibility index (Phi) is 11.0. The molecule has 0 spiro atoms. The minimum atomic E-state index is 0. The van der Waals surface area contributed by atoms with Crippen molar-refractivity contribution in [2.45, 2.75) is 13.3 Å². The largest absolute Gasteiger partial charge is 0.497 e. The van der Waals surface area contributed by atoms with Crippen LogP contribution in [-0.2, 0) is 6.42 Å². The van der Waals surface area contributed by atoms with Crippen molar-refractivity contribution < 1.29 is 18.9 Å². The number of halogens is 1. The lowest BCUT2D eigenvalue weighted by Gasteiger charge is -2.15. The van der Waals surface area contributed by atoms with Crippen molar-refractivity contribution in [1.29, 1.82) is 0 Å². The molecule has 160 valence electrons. The van der Waals surface area contributed by atoms with Crippen molar-refractivity contribution in [2.75, 3.05) is 46.8 Å². The van der Waals surface area contributed by atoms with Gasteiger partial charge in [-0.15, -0.1) is 24.0 Å². The number of hydrogen-bond donors (Lipinski definition) is 2. The zero-order valence-corrected chi connectivity index (χ0v) is 19.9. The summed E-state index contributed by atoms with van der Waals surface area (Å²) in [5.74, 6) is 3.68. The molecule has 0 aliphatic heterocycles. The van der Waals surface area contributed by atoms with Gasteiger partial charge in [-0.05, 0) is 49.2 Å². The number of rotatable bonds is 9. The fraction of sp³-hybridized carbons (Fsp3) is 0.381. The van der Waals surface area contributed by atoms with Gasteiger partial charge in [0.1, 0.15) is 11.5 Å². The minimum absolute atomic E-state index is 0. The molecule has 2 N–H and O–H groups in total. The maximum Gasteiger partial charge on any atom is 0.195 e. The molecular formula is C21H30IN3O4. The van der Waals surface area contributed by atoms with Gasteiger partial charge in [-0.1, -0.05) is 0 Å². The monoisotopic (exact) mass is 515 g/mol. The van der Waals surface area contributed by atoms with Crippen LogP contribution in [0.5, 0.6) is 23.0 Å². The molecule has 2 rings (SSSR count). The van der Waals surface area contributed by atoms with Crippen LogP contribution in [0.1, 0.15) is 12.5 Å². The summed E-state index contributed by atoms with van der Waals surface area (Å²) in [6.07, 6.45) is 0.758. The highest BCUT2D eigenvalue weighted by atomic mass is 127. The predicted molar refractivity (Wildman–Crippen MR) is 128 cm³/mol. The number of nitrogens with zero attached hydrogens (tertiary/aromatic N) is 1. The van der Waals surface area contributed by atoms with Gasteiger partial charge in [-0.2, -0.15) is 0 Å². The molecule has 0 atom stereocenters. The van der Waals surface area contributed by atoms with E-state index < -0.39 is 0 Å². The van der Waals surface area contributed by atoms with Crippen LogP contribution in [0, 0.1) is 0 Å². The van der Waals surface area contributed by atoms with E-state index in [1.807, 2.05) is 43.3 Å². The molecule has 0 aliphatic rings. The van der Waals surface area contributed by atoms with Gasteiger partial charge >= 0.3 is 0 Å². The number of benzene rings is 2. The highest BCUT2D eigenvalue weighted by Gasteiger charge is 2.08. The Balaban J connectivity index is 0.00000420. The van der Waals surface area contributed by atoms with Crippen molar-refractivity contribution in [1.82, 2.24) is 5.32 Å². The van der Waals surface area contributed by atoms with E-state index in [4.69, 9.17) is 18.9 Å². The second-order valence-corrected chi connectivity index (χ2v) is 5.85. The van der Waals surface area contributed by atoms with Crippen LogP contribution in [0.4, 0.5) is 5.69 Å². The van der Waals surface area contributed by atoms with Gasteiger partial charge < -0.3 is 29.6 Å². The molecule has 0 aromatic heterocycles. The molecule has 7 nitrogen and oxygen atoms in total. The van der Waals surface area contributed by atoms with Gasteiger partial charge in [0.25, 0.3) is 0 Å². The van der Waals surface area contributed by atoms with E-state index in [1.54, 1.807) is 28.4 Å². The summed E-state index contributed by atoms with van der Waals surface area (Å²) in [4.78, 5) is 4.27. The van der Waals surface area contributed by atoms with Gasteiger partial charge in [0, 0.05) is 25.3 Å². The minimum Gasteiger partial charge on any atom is -0.497 e. The van der Waals surface area contributed by atoms with E-state index >= 15 is 0 Å². The lowest BCUT2D eigenvalue weighted by Crippen LogP contribution is -2.32. The van der Waals surface area contributed by atoms with Gasteiger partial charge in [-0.25, -0.2) is 0 Å². The zero-order valence-electron chi connectivity index (χ0n) is 17.6. The summed E-state index contributed by atoms with van der Waals surface area (Å²) < 4.78 is 21.7. The van der Waals surface area contributed by atoms with Gasteiger partial charge in [0.2, 0.25) is 0 Å². The summed E-state index contributed by atoms with van der Waals surface area (Å²) >= 11 is 0. The maximum atomic E-state index is 5.55. The Morgan fingerprint density at radius 1 is 0.931 bits per heavy atom. The molecule has 2 aromatic carbocycles. The molecule has 0 saturated heterocycles. The van der Waals surface area contributed by atoms with E-state index in [1.165, 1.54) is 0 Å². The summed E-state index contributed by atoms with van der Waals surface area (Å²) in [5.41, 5.74) is 1.92. The lowest BCUT2D eigenvalue weighted by atomic mass is 10.1. The van der Waals surface area contributed by atoms with Crippen LogP contribution in [0.2, 0.25) is 0 Å². The third-order valence-electron chi connectivity index (χ3n) is 4.12. The van der Waals surface area contributed by atoms with Crippen LogP contribution in [0.15, 0.2) is 41.4 Å². The number of hydrogen-bond acceptors (Lipinski definition) is 5. The average Bonchev–Trinajstić information content (AvgIpc) is 2.73. The Labute approximate surface area is 189 Å². The molecule has 0 fully saturated rings. The van der Waals surface area contributed by atoms with Crippen molar-refractivity contribution in [3.63, 3.8) is 0 Å². The summed E-state index contributed by atoms with van der Waals surface area (Å²) in [7, 11) is 6.67. The van der Waals surface area contributed by atoms with Crippen LogP contribution >= 0.6 is 24.0 Å². The number of guanidine groups is 1. The highest BCUT2D eigenvalue weighted by Crippen LogP contribution is 2.30. The molecule has 8 heteroatoms. The highest BCUT2D eigenvalue weighted by molar-refractivity contribution is 14.0. The summed E-state index contributed by atoms with van der Waals surface area (Å²) in [5, 5.41) is 6.56. The molecule has 0 amide bonds. The Bertz CT molecular complexity index is 799. The van der Waals surface area contributed by atoms with Gasteiger partial charge in [0.15, 0.2) is 17.5 Å². The maximum absolute atomic E-state index is 5.55. The first-order valence-corrected chi connectivity index (χ1v) is 9.14. The third kappa shape index (κ3) is 7.19. The molecular weight excluding hydrogens is 485 g/mol. The van der Waals surface area contributed by atoms with Crippen LogP contribution < -0.4 is 29.6 Å². The van der Waals surface area contributed by atoms with Gasteiger partial charge in [-0.3, -0.25) is 4.99 Å². The second kappa shape index (κ2) is 13.0. The fourth-order valence-corrected chi connectivity index (χ4v) is 2.73. The summed E-state index contributed by atoms with van der Waals surface area (Å²) in [6, 6.07) is 11.4. The molecule has 0 bridgehead atoms. The number of nitrogens with one attached hydrogen (secondary N) is 2. The zero-order chi connectivity index (χ0) is 20.4. The first-order chi connectivity index (χ1) is 13.6. The van der Waals surface area contributed by atoms with E-state index in [9.17, 15) is 0 Å². The predicted octanol–water partition coefficient (Wildman–Crippen LogP) is 3.96. The van der Waals surface area contributed by atoms with Crippen LogP contribution in [0.3, 0.4) is 0 Å². The Morgan fingerprint density at radius 3 is 2.28 bits per heavy atom. The molecule has 0 radical (unpaired) electrons. The average molecular weight is 515 g/mol. The van der Waals surface area contributed by atoms with E-state index in [0.29, 0.717) is 30.6 Å². The summed E-state index contributed by atoms with van der Waals surface area (Å²) in [6.45, 7) is 3.20. The first-order valence-electron chi connectivity index (χ1n) is 9.14. The van der Waals surface area contributed by atoms with Crippen molar-refractivity contribution in [2.24, 2.45) is 4.99 Å².